The summed E-state index contributed by atoms with van der Waals surface area (Å²) in [5.74, 6) is 2.86. The predicted octanol–water partition coefficient (Wildman–Crippen LogP) is 5.80. The molecule has 1 amide bonds. The average Bonchev–Trinajstić information content (AvgIpc) is 3.73. The molecule has 0 aliphatic rings. The lowest BCUT2D eigenvalue weighted by molar-refractivity contribution is -0.113. The number of thiazole rings is 1. The van der Waals surface area contributed by atoms with Gasteiger partial charge in [0.05, 0.1) is 44.2 Å². The molecule has 0 aliphatic heterocycles. The molecule has 200 valence electrons. The minimum atomic E-state index is -0.223. The molecule has 0 saturated heterocycles. The Balaban J connectivity index is 1.33. The summed E-state index contributed by atoms with van der Waals surface area (Å²) in [7, 11) is 3.17. The lowest BCUT2D eigenvalue weighted by Gasteiger charge is -2.14. The van der Waals surface area contributed by atoms with Gasteiger partial charge in [0.1, 0.15) is 17.2 Å². The number of carbonyl (C=O) groups excluding carboxylic acids is 1. The first-order valence-electron chi connectivity index (χ1n) is 11.9. The van der Waals surface area contributed by atoms with Crippen molar-refractivity contribution in [2.24, 2.45) is 0 Å². The van der Waals surface area contributed by atoms with Crippen molar-refractivity contribution in [3.05, 3.63) is 66.2 Å². The van der Waals surface area contributed by atoms with Gasteiger partial charge < -0.3 is 23.9 Å². The lowest BCUT2D eigenvalue weighted by Crippen LogP contribution is -2.14. The van der Waals surface area contributed by atoms with Crippen LogP contribution < -0.4 is 19.5 Å². The van der Waals surface area contributed by atoms with Crippen molar-refractivity contribution in [3.63, 3.8) is 0 Å². The molecule has 12 heteroatoms. The fraction of sp³-hybridized carbons (Fsp3) is 0.185. The minimum absolute atomic E-state index is 0.0839. The van der Waals surface area contributed by atoms with E-state index in [-0.39, 0.29) is 11.7 Å². The van der Waals surface area contributed by atoms with Crippen LogP contribution in [0.4, 0.5) is 5.13 Å². The molecule has 0 unspecified atom stereocenters. The van der Waals surface area contributed by atoms with Gasteiger partial charge in [-0.25, -0.2) is 4.98 Å². The van der Waals surface area contributed by atoms with Crippen LogP contribution in [0.25, 0.3) is 28.5 Å². The number of carbonyl (C=O) groups is 1. The summed E-state index contributed by atoms with van der Waals surface area (Å²) in [6.45, 7) is 2.55. The van der Waals surface area contributed by atoms with E-state index in [1.165, 1.54) is 23.1 Å². The standard InChI is InChI=1S/C27H25N5O5S2/c1-4-36-18-9-7-17(8-10-18)20-15-38-26(28-20)29-24(33)16-39-27-31-30-25(23-6-5-13-37-23)32(27)21-14-19(34-2)11-12-22(21)35-3/h5-15H,4,16H2,1-3H3,(H,28,29,33). The van der Waals surface area contributed by atoms with Crippen molar-refractivity contribution in [1.82, 2.24) is 19.7 Å². The maximum absolute atomic E-state index is 12.9. The molecule has 0 spiro atoms. The van der Waals surface area contributed by atoms with Crippen LogP contribution in [0.15, 0.2) is 75.8 Å². The van der Waals surface area contributed by atoms with Crippen molar-refractivity contribution >= 4 is 34.1 Å². The summed E-state index contributed by atoms with van der Waals surface area (Å²) >= 11 is 2.59. The van der Waals surface area contributed by atoms with E-state index in [0.717, 1.165) is 17.0 Å². The highest BCUT2D eigenvalue weighted by Gasteiger charge is 2.22. The van der Waals surface area contributed by atoms with E-state index in [1.54, 1.807) is 49.3 Å². The van der Waals surface area contributed by atoms with Gasteiger partial charge in [0.2, 0.25) is 11.7 Å². The van der Waals surface area contributed by atoms with Gasteiger partial charge in [-0.2, -0.15) is 0 Å². The van der Waals surface area contributed by atoms with Crippen LogP contribution in [0.2, 0.25) is 0 Å². The molecule has 5 aromatic rings. The highest BCUT2D eigenvalue weighted by atomic mass is 32.2. The largest absolute Gasteiger partial charge is 0.497 e. The van der Waals surface area contributed by atoms with Crippen molar-refractivity contribution < 1.29 is 23.4 Å². The highest BCUT2D eigenvalue weighted by molar-refractivity contribution is 7.99. The van der Waals surface area contributed by atoms with E-state index in [1.807, 2.05) is 42.6 Å². The molecule has 0 radical (unpaired) electrons. The van der Waals surface area contributed by atoms with Crippen LogP contribution in [0, 0.1) is 0 Å². The summed E-state index contributed by atoms with van der Waals surface area (Å²) in [5, 5.41) is 14.4. The first-order chi connectivity index (χ1) is 19.1. The molecule has 0 fully saturated rings. The van der Waals surface area contributed by atoms with E-state index in [0.29, 0.717) is 45.7 Å². The SMILES string of the molecule is CCOc1ccc(-c2csc(NC(=O)CSc3nnc(-c4ccco4)n3-c3cc(OC)ccc3OC)n2)cc1. The number of anilines is 1. The van der Waals surface area contributed by atoms with Gasteiger partial charge in [0, 0.05) is 17.0 Å². The van der Waals surface area contributed by atoms with Gasteiger partial charge in [0.15, 0.2) is 16.0 Å². The van der Waals surface area contributed by atoms with Crippen molar-refractivity contribution in [2.45, 2.75) is 12.1 Å². The molecule has 0 saturated carbocycles. The highest BCUT2D eigenvalue weighted by Crippen LogP contribution is 2.35. The normalized spacial score (nSPS) is 10.8. The zero-order valence-electron chi connectivity index (χ0n) is 21.4. The molecule has 5 rings (SSSR count). The smallest absolute Gasteiger partial charge is 0.236 e. The van der Waals surface area contributed by atoms with E-state index in [4.69, 9.17) is 18.6 Å². The Labute approximate surface area is 233 Å². The topological polar surface area (TPSA) is 114 Å². The van der Waals surface area contributed by atoms with E-state index in [9.17, 15) is 4.79 Å². The molecule has 39 heavy (non-hydrogen) atoms. The van der Waals surface area contributed by atoms with Crippen molar-refractivity contribution in [2.75, 3.05) is 31.9 Å². The number of methoxy groups -OCH3 is 2. The van der Waals surface area contributed by atoms with Crippen LogP contribution in [0.5, 0.6) is 17.2 Å². The summed E-state index contributed by atoms with van der Waals surface area (Å²) < 4.78 is 23.9. The third kappa shape index (κ3) is 5.91. The van der Waals surface area contributed by atoms with E-state index in [2.05, 4.69) is 20.5 Å². The molecule has 1 N–H and O–H groups in total. The fourth-order valence-corrected chi connectivity index (χ4v) is 5.24. The second kappa shape index (κ2) is 12.0. The molecular weight excluding hydrogens is 538 g/mol. The quantitative estimate of drug-likeness (QED) is 0.199. The molecule has 2 aromatic carbocycles. The summed E-state index contributed by atoms with van der Waals surface area (Å²) in [5.41, 5.74) is 2.37. The molecule has 0 atom stereocenters. The Morgan fingerprint density at radius 1 is 1.08 bits per heavy atom. The Hall–Kier alpha value is -4.29. The number of nitrogens with one attached hydrogen (secondary N) is 1. The predicted molar refractivity (Wildman–Crippen MR) is 150 cm³/mol. The number of amides is 1. The van der Waals surface area contributed by atoms with Crippen LogP contribution in [-0.4, -0.2) is 52.2 Å². The van der Waals surface area contributed by atoms with E-state index < -0.39 is 0 Å². The number of aromatic nitrogens is 4. The summed E-state index contributed by atoms with van der Waals surface area (Å²) in [6.07, 6.45) is 1.56. The average molecular weight is 564 g/mol. The molecule has 10 nitrogen and oxygen atoms in total. The van der Waals surface area contributed by atoms with Crippen LogP contribution in [0.1, 0.15) is 6.92 Å². The zero-order chi connectivity index (χ0) is 27.2. The number of nitrogens with zero attached hydrogens (tertiary/aromatic N) is 4. The van der Waals surface area contributed by atoms with Gasteiger partial charge >= 0.3 is 0 Å². The second-order valence-corrected chi connectivity index (χ2v) is 9.79. The number of rotatable bonds is 11. The molecule has 3 aromatic heterocycles. The van der Waals surface area contributed by atoms with Crippen molar-refractivity contribution in [1.29, 1.82) is 0 Å². The first-order valence-corrected chi connectivity index (χ1v) is 13.8. The Morgan fingerprint density at radius 3 is 2.62 bits per heavy atom. The Bertz CT molecular complexity index is 1550. The summed E-state index contributed by atoms with van der Waals surface area (Å²) in [4.78, 5) is 17.4. The monoisotopic (exact) mass is 563 g/mol. The van der Waals surface area contributed by atoms with Gasteiger partial charge in [-0.15, -0.1) is 21.5 Å². The third-order valence-corrected chi connectivity index (χ3v) is 7.23. The van der Waals surface area contributed by atoms with Gasteiger partial charge in [-0.3, -0.25) is 9.36 Å². The second-order valence-electron chi connectivity index (χ2n) is 7.99. The first kappa shape index (κ1) is 26.3. The number of hydrogen-bond donors (Lipinski definition) is 1. The Kier molecular flexibility index (Phi) is 8.13. The number of hydrogen-bond acceptors (Lipinski definition) is 10. The maximum Gasteiger partial charge on any atom is 0.236 e. The Morgan fingerprint density at radius 2 is 1.90 bits per heavy atom. The van der Waals surface area contributed by atoms with Gasteiger partial charge in [0.25, 0.3) is 0 Å². The van der Waals surface area contributed by atoms with E-state index >= 15 is 0 Å². The van der Waals surface area contributed by atoms with Crippen molar-refractivity contribution in [3.8, 4) is 45.8 Å². The summed E-state index contributed by atoms with van der Waals surface area (Å²) in [6, 6.07) is 16.7. The number of ether oxygens (including phenoxy) is 3. The van der Waals surface area contributed by atoms with Gasteiger partial charge in [-0.05, 0) is 55.5 Å². The number of furan rings is 1. The van der Waals surface area contributed by atoms with Crippen LogP contribution in [-0.2, 0) is 4.79 Å². The molecule has 3 heterocycles. The maximum atomic E-state index is 12.9. The fourth-order valence-electron chi connectivity index (χ4n) is 3.76. The molecular formula is C27H25N5O5S2. The van der Waals surface area contributed by atoms with Crippen LogP contribution in [0.3, 0.4) is 0 Å². The lowest BCUT2D eigenvalue weighted by atomic mass is 10.2. The van der Waals surface area contributed by atoms with Gasteiger partial charge in [-0.1, -0.05) is 11.8 Å². The van der Waals surface area contributed by atoms with Crippen LogP contribution >= 0.6 is 23.1 Å². The molecule has 0 bridgehead atoms. The molecule has 0 aliphatic carbocycles. The zero-order valence-corrected chi connectivity index (χ0v) is 23.0. The number of thioether (sulfide) groups is 1. The minimum Gasteiger partial charge on any atom is -0.497 e. The third-order valence-electron chi connectivity index (χ3n) is 5.55. The number of benzene rings is 2.